The Balaban J connectivity index is 2.16. The molecule has 1 aliphatic heterocycles. The highest BCUT2D eigenvalue weighted by Gasteiger charge is 2.39. The fourth-order valence-electron chi connectivity index (χ4n) is 3.25. The Bertz CT molecular complexity index is 647. The Morgan fingerprint density at radius 1 is 1.25 bits per heavy atom. The molecule has 0 saturated carbocycles. The first kappa shape index (κ1) is 22.1. The third-order valence-electron chi connectivity index (χ3n) is 4.66. The molecule has 2 heterocycles. The van der Waals surface area contributed by atoms with Gasteiger partial charge in [-0.25, -0.2) is 4.79 Å². The second-order valence-electron chi connectivity index (χ2n) is 8.12. The minimum atomic E-state index is -0.700. The zero-order chi connectivity index (χ0) is 20.7. The van der Waals surface area contributed by atoms with Crippen LogP contribution in [0.4, 0.5) is 5.69 Å². The van der Waals surface area contributed by atoms with E-state index in [1.807, 2.05) is 32.9 Å². The molecule has 1 fully saturated rings. The molecule has 2 rings (SSSR count). The molecule has 0 spiro atoms. The highest BCUT2D eigenvalue weighted by Crippen LogP contribution is 2.22. The van der Waals surface area contributed by atoms with Gasteiger partial charge < -0.3 is 26.0 Å². The summed E-state index contributed by atoms with van der Waals surface area (Å²) in [7, 11) is 0. The van der Waals surface area contributed by atoms with E-state index in [1.165, 1.54) is 0 Å². The van der Waals surface area contributed by atoms with Gasteiger partial charge >= 0.3 is 5.97 Å². The lowest BCUT2D eigenvalue weighted by Crippen LogP contribution is -2.62. The van der Waals surface area contributed by atoms with Gasteiger partial charge in [0, 0.05) is 37.7 Å². The second-order valence-corrected chi connectivity index (χ2v) is 8.12. The largest absolute Gasteiger partial charge is 0.458 e. The van der Waals surface area contributed by atoms with Crippen LogP contribution in [-0.2, 0) is 14.3 Å². The zero-order valence-corrected chi connectivity index (χ0v) is 17.1. The van der Waals surface area contributed by atoms with Gasteiger partial charge in [-0.05, 0) is 52.3 Å². The summed E-state index contributed by atoms with van der Waals surface area (Å²) in [6, 6.07) is 2.45. The van der Waals surface area contributed by atoms with Crippen LogP contribution in [0.2, 0.25) is 0 Å². The normalized spacial score (nSPS) is 18.7. The van der Waals surface area contributed by atoms with E-state index in [-0.39, 0.29) is 5.91 Å². The van der Waals surface area contributed by atoms with Crippen LogP contribution < -0.4 is 16.4 Å². The summed E-state index contributed by atoms with van der Waals surface area (Å²) in [4.78, 5) is 33.5. The molecule has 0 bridgehead atoms. The maximum atomic E-state index is 12.9. The van der Waals surface area contributed by atoms with Gasteiger partial charge in [0.15, 0.2) is 0 Å². The van der Waals surface area contributed by atoms with Gasteiger partial charge in [-0.1, -0.05) is 6.42 Å². The molecule has 8 nitrogen and oxygen atoms in total. The van der Waals surface area contributed by atoms with Crippen molar-refractivity contribution in [3.63, 3.8) is 0 Å². The number of piperazine rings is 1. The number of carbonyl (C=O) groups excluding carboxylic acids is 2. The summed E-state index contributed by atoms with van der Waals surface area (Å²) in [6.45, 7) is 7.42. The number of carbonyl (C=O) groups is 2. The summed E-state index contributed by atoms with van der Waals surface area (Å²) in [6.07, 6.45) is 5.59. The maximum Gasteiger partial charge on any atom is 0.331 e. The third kappa shape index (κ3) is 6.17. The van der Waals surface area contributed by atoms with E-state index >= 15 is 0 Å². The van der Waals surface area contributed by atoms with E-state index in [0.717, 1.165) is 18.5 Å². The fraction of sp³-hybridized carbons (Fsp3) is 0.650. The van der Waals surface area contributed by atoms with E-state index in [4.69, 9.17) is 16.2 Å². The monoisotopic (exact) mass is 391 g/mol. The van der Waals surface area contributed by atoms with E-state index in [9.17, 15) is 9.59 Å². The predicted octanol–water partition coefficient (Wildman–Crippen LogP) is 0.897. The number of aromatic nitrogens is 1. The van der Waals surface area contributed by atoms with E-state index in [0.29, 0.717) is 32.6 Å². The lowest BCUT2D eigenvalue weighted by molar-refractivity contribution is -0.165. The van der Waals surface area contributed by atoms with Crippen LogP contribution in [0.3, 0.4) is 0 Å². The molecule has 4 N–H and O–H groups in total. The number of anilines is 1. The molecule has 0 aliphatic carbocycles. The van der Waals surface area contributed by atoms with Crippen molar-refractivity contribution in [2.45, 2.75) is 57.7 Å². The number of hydrogen-bond acceptors (Lipinski definition) is 7. The van der Waals surface area contributed by atoms with Crippen LogP contribution in [0.1, 0.15) is 40.0 Å². The summed E-state index contributed by atoms with van der Waals surface area (Å²) >= 11 is 0. The van der Waals surface area contributed by atoms with Crippen molar-refractivity contribution in [1.29, 1.82) is 0 Å². The van der Waals surface area contributed by atoms with Crippen LogP contribution in [0.25, 0.3) is 0 Å². The zero-order valence-electron chi connectivity index (χ0n) is 17.1. The molecule has 1 amide bonds. The molecule has 28 heavy (non-hydrogen) atoms. The van der Waals surface area contributed by atoms with Crippen molar-refractivity contribution in [2.75, 3.05) is 31.1 Å². The Labute approximate surface area is 167 Å². The van der Waals surface area contributed by atoms with Gasteiger partial charge in [0.05, 0.1) is 6.04 Å². The van der Waals surface area contributed by atoms with Gasteiger partial charge in [-0.15, -0.1) is 0 Å². The minimum absolute atomic E-state index is 0.206. The van der Waals surface area contributed by atoms with Crippen molar-refractivity contribution in [3.8, 4) is 0 Å². The highest BCUT2D eigenvalue weighted by molar-refractivity contribution is 5.88. The number of nitrogens with two attached hydrogens (primary N) is 2. The number of ether oxygens (including phenoxy) is 1. The van der Waals surface area contributed by atoms with Gasteiger partial charge in [0.1, 0.15) is 11.6 Å². The van der Waals surface area contributed by atoms with Gasteiger partial charge in [-0.2, -0.15) is 0 Å². The molecule has 1 saturated heterocycles. The van der Waals surface area contributed by atoms with Crippen molar-refractivity contribution in [1.82, 2.24) is 9.88 Å². The fourth-order valence-corrected chi connectivity index (χ4v) is 3.25. The Kier molecular flexibility index (Phi) is 7.77. The Hall–Kier alpha value is -2.19. The summed E-state index contributed by atoms with van der Waals surface area (Å²) in [5.74, 6) is -0.615. The van der Waals surface area contributed by atoms with Crippen molar-refractivity contribution < 1.29 is 14.3 Å². The molecule has 1 unspecified atom stereocenters. The van der Waals surface area contributed by atoms with Crippen LogP contribution in [0, 0.1) is 0 Å². The number of nitrogens with zero attached hydrogens (tertiary/aromatic N) is 3. The number of rotatable bonds is 7. The summed E-state index contributed by atoms with van der Waals surface area (Å²) < 4.78 is 5.59. The number of unbranched alkanes of at least 4 members (excludes halogenated alkanes) is 1. The predicted molar refractivity (Wildman–Crippen MR) is 109 cm³/mol. The van der Waals surface area contributed by atoms with Crippen LogP contribution in [-0.4, -0.2) is 65.6 Å². The molecule has 1 aromatic heterocycles. The first-order chi connectivity index (χ1) is 13.2. The van der Waals surface area contributed by atoms with Crippen molar-refractivity contribution in [3.05, 3.63) is 24.5 Å². The Morgan fingerprint density at radius 3 is 2.54 bits per heavy atom. The average molecular weight is 392 g/mol. The minimum Gasteiger partial charge on any atom is -0.458 e. The van der Waals surface area contributed by atoms with E-state index in [1.54, 1.807) is 17.3 Å². The van der Waals surface area contributed by atoms with Gasteiger partial charge in [-0.3, -0.25) is 9.78 Å². The molecule has 156 valence electrons. The lowest BCUT2D eigenvalue weighted by Gasteiger charge is -2.42. The molecule has 0 radical (unpaired) electrons. The standard InChI is InChI=1S/C20H33N5O3/c1-20(2,3)28-19(27)17-14-24(15-7-10-23-11-8-15)12-13-25(17)18(26)16(22)6-4-5-9-21/h7-8,10-11,16-17H,4-6,9,12-14,21-22H2,1-3H3/t16-,17?/m0/s1. The molecular weight excluding hydrogens is 358 g/mol. The molecule has 1 aliphatic rings. The van der Waals surface area contributed by atoms with Crippen LogP contribution >= 0.6 is 0 Å². The van der Waals surface area contributed by atoms with Crippen LogP contribution in [0.15, 0.2) is 24.5 Å². The number of esters is 1. The van der Waals surface area contributed by atoms with E-state index < -0.39 is 23.7 Å². The Morgan fingerprint density at radius 2 is 1.93 bits per heavy atom. The number of pyridine rings is 1. The number of amides is 1. The average Bonchev–Trinajstić information content (AvgIpc) is 2.66. The topological polar surface area (TPSA) is 115 Å². The maximum absolute atomic E-state index is 12.9. The summed E-state index contributed by atoms with van der Waals surface area (Å²) in [5, 5.41) is 0. The van der Waals surface area contributed by atoms with E-state index in [2.05, 4.69) is 9.88 Å². The smallest absolute Gasteiger partial charge is 0.331 e. The quantitative estimate of drug-likeness (QED) is 0.524. The number of hydrogen-bond donors (Lipinski definition) is 2. The first-order valence-electron chi connectivity index (χ1n) is 9.87. The van der Waals surface area contributed by atoms with Crippen LogP contribution in [0.5, 0.6) is 0 Å². The molecule has 2 atom stereocenters. The molecular formula is C20H33N5O3. The van der Waals surface area contributed by atoms with Gasteiger partial charge in [0.25, 0.3) is 0 Å². The van der Waals surface area contributed by atoms with Gasteiger partial charge in [0.2, 0.25) is 5.91 Å². The molecule has 8 heteroatoms. The summed E-state index contributed by atoms with van der Waals surface area (Å²) in [5.41, 5.74) is 12.0. The van der Waals surface area contributed by atoms with Crippen molar-refractivity contribution >= 4 is 17.6 Å². The van der Waals surface area contributed by atoms with Crippen molar-refractivity contribution in [2.24, 2.45) is 11.5 Å². The lowest BCUT2D eigenvalue weighted by atomic mass is 10.1. The first-order valence-corrected chi connectivity index (χ1v) is 9.87. The molecule has 0 aromatic carbocycles. The molecule has 1 aromatic rings. The second kappa shape index (κ2) is 9.84. The SMILES string of the molecule is CC(C)(C)OC(=O)C1CN(c2ccncc2)CCN1C(=O)[C@@H](N)CCCCN. The third-order valence-corrected chi connectivity index (χ3v) is 4.66. The highest BCUT2D eigenvalue weighted by atomic mass is 16.6.